The van der Waals surface area contributed by atoms with Crippen LogP contribution >= 0.6 is 23.4 Å². The summed E-state index contributed by atoms with van der Waals surface area (Å²) in [6, 6.07) is 13.1. The zero-order valence-electron chi connectivity index (χ0n) is 9.40. The van der Waals surface area contributed by atoms with Crippen LogP contribution in [0.5, 0.6) is 0 Å². The Hall–Kier alpha value is -1.32. The number of benzene rings is 2. The van der Waals surface area contributed by atoms with E-state index in [1.807, 2.05) is 0 Å². The van der Waals surface area contributed by atoms with Crippen molar-refractivity contribution in [2.75, 3.05) is 5.75 Å². The summed E-state index contributed by atoms with van der Waals surface area (Å²) in [6.45, 7) is 0. The van der Waals surface area contributed by atoms with E-state index in [9.17, 15) is 9.18 Å². The number of ketones is 1. The highest BCUT2D eigenvalue weighted by Gasteiger charge is 2.10. The molecule has 0 atom stereocenters. The molecule has 2 aromatic rings. The van der Waals surface area contributed by atoms with Crippen LogP contribution < -0.4 is 0 Å². The molecule has 0 amide bonds. The number of halogens is 2. The fourth-order valence-corrected chi connectivity index (χ4v) is 2.54. The first-order valence-corrected chi connectivity index (χ1v) is 6.69. The second-order valence-electron chi connectivity index (χ2n) is 3.65. The Morgan fingerprint density at radius 3 is 2.67 bits per heavy atom. The molecule has 92 valence electrons. The van der Waals surface area contributed by atoms with Crippen molar-refractivity contribution in [1.82, 2.24) is 0 Å². The van der Waals surface area contributed by atoms with Gasteiger partial charge in [0.25, 0.3) is 0 Å². The highest BCUT2D eigenvalue weighted by molar-refractivity contribution is 8.00. The minimum absolute atomic E-state index is 0.0603. The molecular formula is C14H10ClFOS. The highest BCUT2D eigenvalue weighted by Crippen LogP contribution is 2.22. The van der Waals surface area contributed by atoms with Gasteiger partial charge in [0.2, 0.25) is 0 Å². The van der Waals surface area contributed by atoms with Gasteiger partial charge in [-0.05, 0) is 30.3 Å². The van der Waals surface area contributed by atoms with Crippen molar-refractivity contribution in [3.8, 4) is 0 Å². The molecule has 0 unspecified atom stereocenters. The van der Waals surface area contributed by atoms with Crippen LogP contribution in [-0.4, -0.2) is 11.5 Å². The molecule has 0 aliphatic heterocycles. The molecule has 0 radical (unpaired) electrons. The summed E-state index contributed by atoms with van der Waals surface area (Å²) in [6.07, 6.45) is 0. The van der Waals surface area contributed by atoms with Gasteiger partial charge in [0.15, 0.2) is 5.78 Å². The van der Waals surface area contributed by atoms with Gasteiger partial charge < -0.3 is 0 Å². The second kappa shape index (κ2) is 6.03. The zero-order chi connectivity index (χ0) is 13.0. The second-order valence-corrected chi connectivity index (χ2v) is 5.11. The van der Waals surface area contributed by atoms with E-state index in [2.05, 4.69) is 0 Å². The van der Waals surface area contributed by atoms with Crippen LogP contribution in [0.15, 0.2) is 53.4 Å². The number of hydrogen-bond acceptors (Lipinski definition) is 2. The van der Waals surface area contributed by atoms with Crippen LogP contribution in [0.1, 0.15) is 10.4 Å². The maximum atomic E-state index is 13.0. The van der Waals surface area contributed by atoms with Gasteiger partial charge in [0.1, 0.15) is 5.82 Å². The average Bonchev–Trinajstić information content (AvgIpc) is 2.37. The lowest BCUT2D eigenvalue weighted by molar-refractivity contribution is 0.102. The Morgan fingerprint density at radius 1 is 1.17 bits per heavy atom. The summed E-state index contributed by atoms with van der Waals surface area (Å²) < 4.78 is 13.0. The van der Waals surface area contributed by atoms with Gasteiger partial charge in [0, 0.05) is 10.5 Å². The fourth-order valence-electron chi connectivity index (χ4n) is 1.47. The van der Waals surface area contributed by atoms with Crippen LogP contribution in [0, 0.1) is 5.82 Å². The van der Waals surface area contributed by atoms with E-state index in [1.165, 1.54) is 23.9 Å². The van der Waals surface area contributed by atoms with E-state index in [1.54, 1.807) is 36.4 Å². The molecule has 0 saturated carbocycles. The maximum Gasteiger partial charge on any atom is 0.174 e. The lowest BCUT2D eigenvalue weighted by Gasteiger charge is -2.03. The SMILES string of the molecule is O=C(CSc1cccc(F)c1)c1ccccc1Cl. The number of thioether (sulfide) groups is 1. The molecular weight excluding hydrogens is 271 g/mol. The summed E-state index contributed by atoms with van der Waals surface area (Å²) in [4.78, 5) is 12.7. The monoisotopic (exact) mass is 280 g/mol. The molecule has 2 rings (SSSR count). The Labute approximate surface area is 114 Å². The molecule has 0 N–H and O–H groups in total. The van der Waals surface area contributed by atoms with E-state index in [4.69, 9.17) is 11.6 Å². The Bertz CT molecular complexity index is 571. The van der Waals surface area contributed by atoms with Crippen LogP contribution in [0.25, 0.3) is 0 Å². The Kier molecular flexibility index (Phi) is 4.39. The van der Waals surface area contributed by atoms with Gasteiger partial charge in [-0.25, -0.2) is 4.39 Å². The molecule has 0 bridgehead atoms. The number of Topliss-reactive ketones (excluding diaryl/α,β-unsaturated/α-hetero) is 1. The molecule has 0 aromatic heterocycles. The third-order valence-electron chi connectivity index (χ3n) is 2.34. The third kappa shape index (κ3) is 3.34. The number of hydrogen-bond donors (Lipinski definition) is 0. The predicted molar refractivity (Wildman–Crippen MR) is 72.9 cm³/mol. The van der Waals surface area contributed by atoms with E-state index in [0.717, 1.165) is 4.90 Å². The summed E-state index contributed by atoms with van der Waals surface area (Å²) >= 11 is 7.23. The quantitative estimate of drug-likeness (QED) is 0.608. The number of carbonyl (C=O) groups is 1. The smallest absolute Gasteiger partial charge is 0.174 e. The van der Waals surface area contributed by atoms with E-state index < -0.39 is 0 Å². The molecule has 0 saturated heterocycles. The molecule has 2 aromatic carbocycles. The molecule has 18 heavy (non-hydrogen) atoms. The minimum atomic E-state index is -0.301. The molecule has 0 spiro atoms. The first-order chi connectivity index (χ1) is 8.66. The summed E-state index contributed by atoms with van der Waals surface area (Å²) in [5, 5.41) is 0.447. The van der Waals surface area contributed by atoms with Gasteiger partial charge in [0.05, 0.1) is 10.8 Å². The van der Waals surface area contributed by atoms with Crippen LogP contribution in [0.4, 0.5) is 4.39 Å². The van der Waals surface area contributed by atoms with Crippen molar-refractivity contribution >= 4 is 29.1 Å². The van der Waals surface area contributed by atoms with Crippen LogP contribution in [-0.2, 0) is 0 Å². The average molecular weight is 281 g/mol. The van der Waals surface area contributed by atoms with Crippen molar-refractivity contribution in [1.29, 1.82) is 0 Å². The van der Waals surface area contributed by atoms with E-state index in [-0.39, 0.29) is 17.4 Å². The maximum absolute atomic E-state index is 13.0. The van der Waals surface area contributed by atoms with Gasteiger partial charge in [-0.2, -0.15) is 0 Å². The van der Waals surface area contributed by atoms with Crippen molar-refractivity contribution in [2.24, 2.45) is 0 Å². The Morgan fingerprint density at radius 2 is 1.94 bits per heavy atom. The van der Waals surface area contributed by atoms with Gasteiger partial charge >= 0.3 is 0 Å². The molecule has 0 heterocycles. The minimum Gasteiger partial charge on any atom is -0.293 e. The topological polar surface area (TPSA) is 17.1 Å². The Balaban J connectivity index is 2.03. The van der Waals surface area contributed by atoms with Crippen molar-refractivity contribution in [3.05, 3.63) is 64.9 Å². The van der Waals surface area contributed by atoms with Crippen molar-refractivity contribution < 1.29 is 9.18 Å². The molecule has 0 aliphatic carbocycles. The standard InChI is InChI=1S/C14H10ClFOS/c15-13-7-2-1-6-12(13)14(17)9-18-11-5-3-4-10(16)8-11/h1-8H,9H2. The van der Waals surface area contributed by atoms with Gasteiger partial charge in [-0.15, -0.1) is 11.8 Å². The molecule has 0 aliphatic rings. The lowest BCUT2D eigenvalue weighted by Crippen LogP contribution is -2.02. The summed E-state index contributed by atoms with van der Waals surface area (Å²) in [5.41, 5.74) is 0.503. The van der Waals surface area contributed by atoms with Crippen LogP contribution in [0.2, 0.25) is 5.02 Å². The molecule has 0 fully saturated rings. The summed E-state index contributed by atoms with van der Waals surface area (Å²) in [5.74, 6) is -0.118. The normalized spacial score (nSPS) is 10.3. The van der Waals surface area contributed by atoms with Gasteiger partial charge in [-0.1, -0.05) is 29.8 Å². The predicted octanol–water partition coefficient (Wildman–Crippen LogP) is 4.45. The number of carbonyl (C=O) groups excluding carboxylic acids is 1. The largest absolute Gasteiger partial charge is 0.293 e. The van der Waals surface area contributed by atoms with Crippen molar-refractivity contribution in [2.45, 2.75) is 4.90 Å². The first kappa shape index (κ1) is 13.1. The third-order valence-corrected chi connectivity index (χ3v) is 3.66. The van der Waals surface area contributed by atoms with Crippen LogP contribution in [0.3, 0.4) is 0 Å². The van der Waals surface area contributed by atoms with E-state index >= 15 is 0 Å². The molecule has 4 heteroatoms. The highest BCUT2D eigenvalue weighted by atomic mass is 35.5. The lowest BCUT2D eigenvalue weighted by atomic mass is 10.1. The van der Waals surface area contributed by atoms with Gasteiger partial charge in [-0.3, -0.25) is 4.79 Å². The zero-order valence-corrected chi connectivity index (χ0v) is 11.0. The summed E-state index contributed by atoms with van der Waals surface area (Å²) in [7, 11) is 0. The number of rotatable bonds is 4. The van der Waals surface area contributed by atoms with E-state index in [0.29, 0.717) is 10.6 Å². The van der Waals surface area contributed by atoms with Crippen molar-refractivity contribution in [3.63, 3.8) is 0 Å². The fraction of sp³-hybridized carbons (Fsp3) is 0.0714. The first-order valence-electron chi connectivity index (χ1n) is 5.33. The molecule has 1 nitrogen and oxygen atoms in total.